The number of carbonyl (C=O) groups is 1. The van der Waals surface area contributed by atoms with Gasteiger partial charge in [-0.25, -0.2) is 0 Å². The maximum absolute atomic E-state index is 12.6. The first-order chi connectivity index (χ1) is 10.0. The molecule has 6 heteroatoms. The Balaban J connectivity index is 1.95. The van der Waals surface area contributed by atoms with Gasteiger partial charge in [-0.1, -0.05) is 24.4 Å². The average Bonchev–Trinajstić information content (AvgIpc) is 3.36. The molecule has 2 aliphatic rings. The molecule has 6 nitrogen and oxygen atoms in total. The molecular formula is C15H28N4O2. The van der Waals surface area contributed by atoms with Gasteiger partial charge in [-0.3, -0.25) is 9.69 Å². The maximum atomic E-state index is 12.6. The van der Waals surface area contributed by atoms with Crippen LogP contribution in [0, 0.1) is 5.41 Å². The molecule has 2 fully saturated rings. The lowest BCUT2D eigenvalue weighted by molar-refractivity contribution is -0.129. The highest BCUT2D eigenvalue weighted by Crippen LogP contribution is 2.37. The molecule has 2 saturated carbocycles. The van der Waals surface area contributed by atoms with Gasteiger partial charge in [0, 0.05) is 18.6 Å². The van der Waals surface area contributed by atoms with Gasteiger partial charge in [0.25, 0.3) is 0 Å². The summed E-state index contributed by atoms with van der Waals surface area (Å²) in [5.41, 5.74) is 5.02. The summed E-state index contributed by atoms with van der Waals surface area (Å²) in [6, 6.07) is 0.971. The van der Waals surface area contributed by atoms with Gasteiger partial charge >= 0.3 is 0 Å². The second-order valence-corrected chi connectivity index (χ2v) is 6.58. The van der Waals surface area contributed by atoms with Crippen LogP contribution in [0.3, 0.4) is 0 Å². The van der Waals surface area contributed by atoms with E-state index in [-0.39, 0.29) is 11.7 Å². The van der Waals surface area contributed by atoms with E-state index in [1.54, 1.807) is 0 Å². The van der Waals surface area contributed by atoms with E-state index in [2.05, 4.69) is 29.3 Å². The Hall–Kier alpha value is -1.30. The third kappa shape index (κ3) is 3.48. The zero-order valence-corrected chi connectivity index (χ0v) is 13.1. The molecule has 0 aliphatic heterocycles. The summed E-state index contributed by atoms with van der Waals surface area (Å²) in [4.78, 5) is 14.9. The molecule has 0 heterocycles. The van der Waals surface area contributed by atoms with Crippen LogP contribution >= 0.6 is 0 Å². The zero-order valence-electron chi connectivity index (χ0n) is 13.1. The van der Waals surface area contributed by atoms with Crippen LogP contribution in [0.1, 0.15) is 51.9 Å². The molecular weight excluding hydrogens is 268 g/mol. The van der Waals surface area contributed by atoms with E-state index in [9.17, 15) is 4.79 Å². The Labute approximate surface area is 126 Å². The van der Waals surface area contributed by atoms with Gasteiger partial charge < -0.3 is 16.3 Å². The number of likely N-dealkylation sites (N-methyl/N-ethyl adjacent to an activating group) is 1. The normalized spacial score (nSPS) is 23.9. The Morgan fingerprint density at radius 1 is 1.43 bits per heavy atom. The van der Waals surface area contributed by atoms with E-state index in [0.29, 0.717) is 31.5 Å². The molecule has 2 aliphatic carbocycles. The van der Waals surface area contributed by atoms with E-state index in [1.165, 1.54) is 12.8 Å². The first-order valence-electron chi connectivity index (χ1n) is 7.99. The van der Waals surface area contributed by atoms with Crippen LogP contribution in [-0.4, -0.2) is 47.5 Å². The summed E-state index contributed by atoms with van der Waals surface area (Å²) in [6.07, 6.45) is 6.84. The molecule has 1 amide bonds. The maximum Gasteiger partial charge on any atom is 0.234 e. The van der Waals surface area contributed by atoms with Gasteiger partial charge in [-0.2, -0.15) is 0 Å². The fourth-order valence-corrected chi connectivity index (χ4v) is 3.25. The van der Waals surface area contributed by atoms with Gasteiger partial charge in [0.15, 0.2) is 5.84 Å². The number of hydrogen-bond acceptors (Lipinski definition) is 4. The molecule has 0 aromatic rings. The predicted octanol–water partition coefficient (Wildman–Crippen LogP) is 1.28. The second-order valence-electron chi connectivity index (χ2n) is 6.58. The van der Waals surface area contributed by atoms with Gasteiger partial charge in [0.1, 0.15) is 5.41 Å². The molecule has 0 aromatic carbocycles. The third-order valence-corrected chi connectivity index (χ3v) is 5.12. The zero-order chi connectivity index (χ0) is 15.5. The predicted molar refractivity (Wildman–Crippen MR) is 82.2 cm³/mol. The van der Waals surface area contributed by atoms with E-state index in [1.807, 2.05) is 0 Å². The Kier molecular flexibility index (Phi) is 5.08. The minimum atomic E-state index is -0.815. The minimum absolute atomic E-state index is 0.0582. The number of amidine groups is 1. The van der Waals surface area contributed by atoms with Crippen molar-refractivity contribution in [3.63, 3.8) is 0 Å². The number of amides is 1. The smallest absolute Gasteiger partial charge is 0.234 e. The summed E-state index contributed by atoms with van der Waals surface area (Å²) < 4.78 is 0. The van der Waals surface area contributed by atoms with E-state index < -0.39 is 5.41 Å². The van der Waals surface area contributed by atoms with Gasteiger partial charge in [-0.15, -0.1) is 0 Å². The van der Waals surface area contributed by atoms with Crippen molar-refractivity contribution in [3.8, 4) is 0 Å². The van der Waals surface area contributed by atoms with Crippen molar-refractivity contribution in [2.24, 2.45) is 16.3 Å². The molecule has 4 N–H and O–H groups in total. The minimum Gasteiger partial charge on any atom is -0.409 e. The topological polar surface area (TPSA) is 91.0 Å². The molecule has 0 bridgehead atoms. The van der Waals surface area contributed by atoms with Crippen LogP contribution in [0.5, 0.6) is 0 Å². The Morgan fingerprint density at radius 2 is 2.05 bits per heavy atom. The molecule has 120 valence electrons. The summed E-state index contributed by atoms with van der Waals surface area (Å²) in [5, 5.41) is 15.2. The number of nitrogens with zero attached hydrogens (tertiary/aromatic N) is 2. The summed E-state index contributed by atoms with van der Waals surface area (Å²) in [7, 11) is 2.11. The van der Waals surface area contributed by atoms with E-state index in [4.69, 9.17) is 10.9 Å². The lowest BCUT2D eigenvalue weighted by Crippen LogP contribution is -2.53. The van der Waals surface area contributed by atoms with E-state index in [0.717, 1.165) is 19.3 Å². The monoisotopic (exact) mass is 296 g/mol. The summed E-state index contributed by atoms with van der Waals surface area (Å²) >= 11 is 0. The SMILES string of the molecule is CC(CNC(=O)C1(C(N)=NO)CCCCC1)N(C)C1CC1. The Bertz CT molecular complexity index is 400. The highest BCUT2D eigenvalue weighted by Gasteiger charge is 2.44. The van der Waals surface area contributed by atoms with Crippen molar-refractivity contribution in [1.82, 2.24) is 10.2 Å². The number of nitrogens with two attached hydrogens (primary N) is 1. The average molecular weight is 296 g/mol. The number of hydrogen-bond donors (Lipinski definition) is 3. The van der Waals surface area contributed by atoms with Gasteiger partial charge in [-0.05, 0) is 39.7 Å². The fourth-order valence-electron chi connectivity index (χ4n) is 3.25. The van der Waals surface area contributed by atoms with Crippen molar-refractivity contribution < 1.29 is 10.0 Å². The summed E-state index contributed by atoms with van der Waals surface area (Å²) in [6.45, 7) is 2.72. The van der Waals surface area contributed by atoms with Crippen LogP contribution in [-0.2, 0) is 4.79 Å². The highest BCUT2D eigenvalue weighted by atomic mass is 16.4. The van der Waals surface area contributed by atoms with Crippen molar-refractivity contribution in [1.29, 1.82) is 0 Å². The van der Waals surface area contributed by atoms with Crippen LogP contribution < -0.4 is 11.1 Å². The number of nitrogens with one attached hydrogen (secondary N) is 1. The highest BCUT2D eigenvalue weighted by molar-refractivity contribution is 6.06. The molecule has 0 aromatic heterocycles. The molecule has 0 spiro atoms. The second kappa shape index (κ2) is 6.64. The first-order valence-corrected chi connectivity index (χ1v) is 7.99. The number of oxime groups is 1. The van der Waals surface area contributed by atoms with Crippen molar-refractivity contribution >= 4 is 11.7 Å². The van der Waals surface area contributed by atoms with Crippen molar-refractivity contribution in [3.05, 3.63) is 0 Å². The largest absolute Gasteiger partial charge is 0.409 e. The van der Waals surface area contributed by atoms with Gasteiger partial charge in [0.05, 0.1) is 0 Å². The van der Waals surface area contributed by atoms with Crippen LogP contribution in [0.15, 0.2) is 5.16 Å². The lowest BCUT2D eigenvalue weighted by Gasteiger charge is -2.35. The standard InChI is InChI=1S/C15H28N4O2/c1-11(19(2)12-6-7-12)10-17-14(20)15(13(16)18-21)8-4-3-5-9-15/h11-12,21H,3-10H2,1-2H3,(H2,16,18)(H,17,20). The van der Waals surface area contributed by atoms with Crippen LogP contribution in [0.4, 0.5) is 0 Å². The number of carbonyl (C=O) groups excluding carboxylic acids is 1. The van der Waals surface area contributed by atoms with Crippen LogP contribution in [0.25, 0.3) is 0 Å². The molecule has 0 radical (unpaired) electrons. The summed E-state index contributed by atoms with van der Waals surface area (Å²) in [5.74, 6) is -0.0311. The quantitative estimate of drug-likeness (QED) is 0.298. The lowest BCUT2D eigenvalue weighted by atomic mass is 9.72. The Morgan fingerprint density at radius 3 is 2.57 bits per heavy atom. The molecule has 0 saturated heterocycles. The van der Waals surface area contributed by atoms with Crippen LogP contribution in [0.2, 0.25) is 0 Å². The molecule has 1 unspecified atom stereocenters. The van der Waals surface area contributed by atoms with Gasteiger partial charge in [0.2, 0.25) is 5.91 Å². The van der Waals surface area contributed by atoms with Crippen molar-refractivity contribution in [2.45, 2.75) is 64.0 Å². The molecule has 21 heavy (non-hydrogen) atoms. The fraction of sp³-hybridized carbons (Fsp3) is 0.867. The molecule has 2 rings (SSSR count). The van der Waals surface area contributed by atoms with Crippen molar-refractivity contribution in [2.75, 3.05) is 13.6 Å². The number of rotatable bonds is 6. The third-order valence-electron chi connectivity index (χ3n) is 5.12. The van der Waals surface area contributed by atoms with E-state index >= 15 is 0 Å². The first kappa shape index (κ1) is 16.1. The molecule has 1 atom stereocenters.